The number of nitrogens with zero attached hydrogens (tertiary/aromatic N) is 4. The Hall–Kier alpha value is -3.72. The second-order valence-electron chi connectivity index (χ2n) is 8.88. The van der Waals surface area contributed by atoms with Gasteiger partial charge in [-0.3, -0.25) is 9.69 Å². The van der Waals surface area contributed by atoms with Crippen molar-refractivity contribution in [2.45, 2.75) is 39.8 Å². The number of oxime groups is 1. The molecule has 0 spiro atoms. The summed E-state index contributed by atoms with van der Waals surface area (Å²) in [6.45, 7) is 5.95. The van der Waals surface area contributed by atoms with Crippen LogP contribution in [-0.2, 0) is 29.2 Å². The van der Waals surface area contributed by atoms with Gasteiger partial charge in [-0.1, -0.05) is 36.3 Å². The highest BCUT2D eigenvalue weighted by molar-refractivity contribution is 5.98. The van der Waals surface area contributed by atoms with Crippen molar-refractivity contribution in [1.29, 1.82) is 0 Å². The molecule has 1 saturated heterocycles. The summed E-state index contributed by atoms with van der Waals surface area (Å²) in [6.07, 6.45) is 3.76. The molecular weight excluding hydrogens is 466 g/mol. The van der Waals surface area contributed by atoms with E-state index in [2.05, 4.69) is 39.1 Å². The first-order valence-electron chi connectivity index (χ1n) is 11.8. The highest BCUT2D eigenvalue weighted by atomic mass is 19.1. The van der Waals surface area contributed by atoms with Crippen LogP contribution in [-0.4, -0.2) is 44.7 Å². The molecule has 1 fully saturated rings. The largest absolute Gasteiger partial charge is 0.481 e. The van der Waals surface area contributed by atoms with Gasteiger partial charge in [0.05, 0.1) is 29.7 Å². The summed E-state index contributed by atoms with van der Waals surface area (Å²) >= 11 is 0. The molecule has 1 N–H and O–H groups in total. The molecule has 3 aromatic rings. The molecule has 36 heavy (non-hydrogen) atoms. The number of halogens is 2. The van der Waals surface area contributed by atoms with E-state index < -0.39 is 17.7 Å². The number of carboxylic acid groups (broad SMARTS) is 1. The van der Waals surface area contributed by atoms with E-state index in [0.717, 1.165) is 31.3 Å². The Labute approximate surface area is 208 Å². The van der Waals surface area contributed by atoms with Crippen LogP contribution < -0.4 is 0 Å². The smallest absolute Gasteiger partial charge is 0.307 e. The molecule has 4 rings (SSSR count). The van der Waals surface area contributed by atoms with E-state index >= 15 is 0 Å². The van der Waals surface area contributed by atoms with Crippen molar-refractivity contribution in [3.8, 4) is 11.3 Å². The number of aromatic nitrogens is 2. The summed E-state index contributed by atoms with van der Waals surface area (Å²) in [4.78, 5) is 26.3. The molecular formula is C27H28F2N4O3. The minimum Gasteiger partial charge on any atom is -0.481 e. The van der Waals surface area contributed by atoms with Crippen LogP contribution in [0.2, 0.25) is 0 Å². The molecule has 9 heteroatoms. The van der Waals surface area contributed by atoms with Crippen molar-refractivity contribution in [3.05, 3.63) is 82.8 Å². The number of rotatable bonds is 9. The van der Waals surface area contributed by atoms with E-state index in [1.165, 1.54) is 23.4 Å². The van der Waals surface area contributed by atoms with E-state index in [0.29, 0.717) is 35.5 Å². The molecule has 2 heterocycles. The molecule has 0 aliphatic carbocycles. The lowest BCUT2D eigenvalue weighted by atomic mass is 9.99. The van der Waals surface area contributed by atoms with Crippen LogP contribution in [0.1, 0.15) is 42.5 Å². The number of hydrogen-bond donors (Lipinski definition) is 1. The van der Waals surface area contributed by atoms with Crippen molar-refractivity contribution in [1.82, 2.24) is 14.9 Å². The van der Waals surface area contributed by atoms with Gasteiger partial charge in [0, 0.05) is 24.2 Å². The van der Waals surface area contributed by atoms with Gasteiger partial charge >= 0.3 is 5.97 Å². The standard InChI is InChI=1S/C27H28F2N4O3/c1-3-18-10-19(4-6-21(18)14-33-9-8-22(15-33)27(34)35)17(2)32-36-16-23-7-5-20(11-24(23)28)25-12-31-26(29)13-30-25/h4-7,10-13,22H,3,8-9,14-16H2,1-2H3,(H,34,35). The summed E-state index contributed by atoms with van der Waals surface area (Å²) < 4.78 is 27.5. The van der Waals surface area contributed by atoms with E-state index in [1.54, 1.807) is 12.1 Å². The Morgan fingerprint density at radius 2 is 1.94 bits per heavy atom. The lowest BCUT2D eigenvalue weighted by molar-refractivity contribution is -0.141. The number of carboxylic acids is 1. The van der Waals surface area contributed by atoms with Gasteiger partial charge in [0.1, 0.15) is 12.4 Å². The van der Waals surface area contributed by atoms with Crippen LogP contribution >= 0.6 is 0 Å². The lowest BCUT2D eigenvalue weighted by Crippen LogP contribution is -2.23. The number of carbonyl (C=O) groups is 1. The second kappa shape index (κ2) is 11.3. The minimum atomic E-state index is -0.728. The number of aliphatic carboxylic acids is 1. The number of aryl methyl sites for hydroxylation is 1. The molecule has 7 nitrogen and oxygen atoms in total. The van der Waals surface area contributed by atoms with Crippen molar-refractivity contribution < 1.29 is 23.5 Å². The number of hydrogen-bond acceptors (Lipinski definition) is 6. The van der Waals surface area contributed by atoms with Crippen LogP contribution in [0.25, 0.3) is 11.3 Å². The zero-order chi connectivity index (χ0) is 25.7. The van der Waals surface area contributed by atoms with Gasteiger partial charge in [-0.15, -0.1) is 0 Å². The van der Waals surface area contributed by atoms with Gasteiger partial charge in [-0.25, -0.2) is 14.4 Å². The average Bonchev–Trinajstić information content (AvgIpc) is 3.34. The SMILES string of the molecule is CCc1cc(C(C)=NOCc2ccc(-c3cnc(F)cn3)cc2F)ccc1CN1CCC(C(=O)O)C1. The number of likely N-dealkylation sites (tertiary alicyclic amines) is 1. The summed E-state index contributed by atoms with van der Waals surface area (Å²) in [6, 6.07) is 10.7. The predicted octanol–water partition coefficient (Wildman–Crippen LogP) is 4.83. The quantitative estimate of drug-likeness (QED) is 0.339. The summed E-state index contributed by atoms with van der Waals surface area (Å²) in [5.41, 5.74) is 5.12. The zero-order valence-corrected chi connectivity index (χ0v) is 20.2. The Balaban J connectivity index is 1.38. The average molecular weight is 495 g/mol. The van der Waals surface area contributed by atoms with Crippen molar-refractivity contribution in [2.24, 2.45) is 11.1 Å². The van der Waals surface area contributed by atoms with Crippen molar-refractivity contribution in [3.63, 3.8) is 0 Å². The molecule has 1 aliphatic heterocycles. The predicted molar refractivity (Wildman–Crippen MR) is 131 cm³/mol. The fraction of sp³-hybridized carbons (Fsp3) is 0.333. The highest BCUT2D eigenvalue weighted by Crippen LogP contribution is 2.23. The molecule has 2 aromatic carbocycles. The molecule has 1 unspecified atom stereocenters. The second-order valence-corrected chi connectivity index (χ2v) is 8.88. The van der Waals surface area contributed by atoms with E-state index in [4.69, 9.17) is 4.84 Å². The molecule has 1 aliphatic rings. The first-order chi connectivity index (χ1) is 17.3. The Kier molecular flexibility index (Phi) is 8.00. The van der Waals surface area contributed by atoms with Crippen molar-refractivity contribution >= 4 is 11.7 Å². The zero-order valence-electron chi connectivity index (χ0n) is 20.2. The molecule has 0 radical (unpaired) electrons. The maximum absolute atomic E-state index is 14.6. The molecule has 1 atom stereocenters. The maximum atomic E-state index is 14.6. The van der Waals surface area contributed by atoms with Gasteiger partial charge in [0.25, 0.3) is 0 Å². The third-order valence-electron chi connectivity index (χ3n) is 6.41. The molecule has 1 aromatic heterocycles. The maximum Gasteiger partial charge on any atom is 0.307 e. The van der Waals surface area contributed by atoms with Gasteiger partial charge in [0.15, 0.2) is 0 Å². The monoisotopic (exact) mass is 494 g/mol. The fourth-order valence-electron chi connectivity index (χ4n) is 4.29. The highest BCUT2D eigenvalue weighted by Gasteiger charge is 2.28. The third-order valence-corrected chi connectivity index (χ3v) is 6.41. The number of benzene rings is 2. The van der Waals surface area contributed by atoms with Crippen molar-refractivity contribution in [2.75, 3.05) is 13.1 Å². The fourth-order valence-corrected chi connectivity index (χ4v) is 4.29. The summed E-state index contributed by atoms with van der Waals surface area (Å²) in [7, 11) is 0. The van der Waals surface area contributed by atoms with E-state index in [-0.39, 0.29) is 12.5 Å². The topological polar surface area (TPSA) is 87.9 Å². The minimum absolute atomic E-state index is 0.0447. The van der Waals surface area contributed by atoms with Gasteiger partial charge in [-0.05, 0) is 55.1 Å². The Bertz CT molecular complexity index is 1260. The molecule has 0 saturated carbocycles. The van der Waals surface area contributed by atoms with Crippen LogP contribution in [0, 0.1) is 17.7 Å². The van der Waals surface area contributed by atoms with E-state index in [9.17, 15) is 18.7 Å². The first-order valence-corrected chi connectivity index (χ1v) is 11.8. The Morgan fingerprint density at radius 1 is 1.14 bits per heavy atom. The Morgan fingerprint density at radius 3 is 2.61 bits per heavy atom. The van der Waals surface area contributed by atoms with E-state index in [1.807, 2.05) is 13.0 Å². The van der Waals surface area contributed by atoms with Crippen LogP contribution in [0.15, 0.2) is 53.9 Å². The summed E-state index contributed by atoms with van der Waals surface area (Å²) in [5, 5.41) is 13.4. The molecule has 0 bridgehead atoms. The summed E-state index contributed by atoms with van der Waals surface area (Å²) in [5.74, 6) is -2.19. The molecule has 0 amide bonds. The van der Waals surface area contributed by atoms with Crippen LogP contribution in [0.4, 0.5) is 8.78 Å². The normalized spacial score (nSPS) is 16.3. The third kappa shape index (κ3) is 6.09. The van der Waals surface area contributed by atoms with Gasteiger partial charge in [-0.2, -0.15) is 4.39 Å². The van der Waals surface area contributed by atoms with Gasteiger partial charge in [0.2, 0.25) is 5.95 Å². The molecule has 188 valence electrons. The van der Waals surface area contributed by atoms with Crippen LogP contribution in [0.3, 0.4) is 0 Å². The first kappa shape index (κ1) is 25.4. The van der Waals surface area contributed by atoms with Crippen LogP contribution in [0.5, 0.6) is 0 Å². The lowest BCUT2D eigenvalue weighted by Gasteiger charge is -2.18. The van der Waals surface area contributed by atoms with Gasteiger partial charge < -0.3 is 9.94 Å².